The molecule has 25 heavy (non-hydrogen) atoms. The molecule has 3 rings (SSSR count). The van der Waals surface area contributed by atoms with Crippen LogP contribution in [-0.4, -0.2) is 20.6 Å². The first kappa shape index (κ1) is 16.3. The molecule has 7 nitrogen and oxygen atoms in total. The smallest absolute Gasteiger partial charge is 0.306 e. The van der Waals surface area contributed by atoms with Crippen molar-refractivity contribution in [2.24, 2.45) is 0 Å². The summed E-state index contributed by atoms with van der Waals surface area (Å²) in [5, 5.41) is 17.5. The van der Waals surface area contributed by atoms with Gasteiger partial charge in [-0.15, -0.1) is 0 Å². The van der Waals surface area contributed by atoms with E-state index in [1.54, 1.807) is 11.6 Å². The van der Waals surface area contributed by atoms with Crippen molar-refractivity contribution < 1.29 is 14.1 Å². The number of hydrogen-bond donors (Lipinski definition) is 1. The number of amides is 1. The van der Waals surface area contributed by atoms with Crippen LogP contribution in [0.1, 0.15) is 16.1 Å². The lowest BCUT2D eigenvalue weighted by atomic mass is 10.2. The van der Waals surface area contributed by atoms with Gasteiger partial charge in [0, 0.05) is 11.8 Å². The Hall–Kier alpha value is -3.55. The molecular formula is C17H13FN4O3. The fourth-order valence-corrected chi connectivity index (χ4v) is 2.39. The second-order valence-corrected chi connectivity index (χ2v) is 5.27. The van der Waals surface area contributed by atoms with Gasteiger partial charge in [0.15, 0.2) is 0 Å². The number of nitrogens with one attached hydrogen (secondary N) is 1. The fraction of sp³-hybridized carbons (Fsp3) is 0.0588. The van der Waals surface area contributed by atoms with E-state index < -0.39 is 22.3 Å². The molecule has 0 radical (unpaired) electrons. The van der Waals surface area contributed by atoms with Crippen molar-refractivity contribution >= 4 is 17.3 Å². The van der Waals surface area contributed by atoms with Crippen molar-refractivity contribution in [2.45, 2.75) is 6.92 Å². The van der Waals surface area contributed by atoms with Gasteiger partial charge in [-0.25, -0.2) is 4.68 Å². The Labute approximate surface area is 141 Å². The van der Waals surface area contributed by atoms with Crippen LogP contribution >= 0.6 is 0 Å². The molecule has 8 heteroatoms. The molecule has 0 atom stereocenters. The maximum Gasteiger partial charge on any atom is 0.306 e. The number of nitro benzene ring substituents is 1. The van der Waals surface area contributed by atoms with Crippen LogP contribution in [0, 0.1) is 22.9 Å². The molecule has 0 aliphatic rings. The van der Waals surface area contributed by atoms with Gasteiger partial charge >= 0.3 is 5.69 Å². The summed E-state index contributed by atoms with van der Waals surface area (Å²) in [7, 11) is 0. The minimum Gasteiger partial charge on any atom is -0.322 e. The molecule has 0 aliphatic carbocycles. The largest absolute Gasteiger partial charge is 0.322 e. The van der Waals surface area contributed by atoms with E-state index in [0.29, 0.717) is 11.3 Å². The van der Waals surface area contributed by atoms with Crippen LogP contribution in [0.25, 0.3) is 5.69 Å². The van der Waals surface area contributed by atoms with E-state index in [1.807, 2.05) is 30.3 Å². The minimum atomic E-state index is -0.962. The Bertz CT molecular complexity index is 954. The first-order valence-electron chi connectivity index (χ1n) is 7.32. The summed E-state index contributed by atoms with van der Waals surface area (Å²) in [6.45, 7) is 1.74. The van der Waals surface area contributed by atoms with Gasteiger partial charge in [0.2, 0.25) is 5.82 Å². The lowest BCUT2D eigenvalue weighted by molar-refractivity contribution is -0.387. The molecule has 1 N–H and O–H groups in total. The van der Waals surface area contributed by atoms with E-state index in [1.165, 1.54) is 12.3 Å². The predicted octanol–water partition coefficient (Wildman–Crippen LogP) is 3.48. The summed E-state index contributed by atoms with van der Waals surface area (Å²) in [4.78, 5) is 22.4. The van der Waals surface area contributed by atoms with Crippen molar-refractivity contribution in [3.8, 4) is 5.69 Å². The number of para-hydroxylation sites is 1. The third-order valence-electron chi connectivity index (χ3n) is 3.66. The van der Waals surface area contributed by atoms with Crippen LogP contribution in [0.2, 0.25) is 0 Å². The van der Waals surface area contributed by atoms with Gasteiger partial charge in [-0.2, -0.15) is 9.49 Å². The number of carbonyl (C=O) groups is 1. The van der Waals surface area contributed by atoms with E-state index in [2.05, 4.69) is 10.4 Å². The van der Waals surface area contributed by atoms with Crippen LogP contribution in [0.5, 0.6) is 0 Å². The Balaban J connectivity index is 1.87. The highest BCUT2D eigenvalue weighted by Crippen LogP contribution is 2.22. The van der Waals surface area contributed by atoms with E-state index >= 15 is 0 Å². The number of rotatable bonds is 4. The molecular weight excluding hydrogens is 327 g/mol. The molecule has 2 aromatic carbocycles. The second kappa shape index (κ2) is 6.52. The molecule has 1 heterocycles. The van der Waals surface area contributed by atoms with Gasteiger partial charge in [-0.3, -0.25) is 14.9 Å². The summed E-state index contributed by atoms with van der Waals surface area (Å²) in [5.41, 5.74) is 1.16. The number of benzene rings is 2. The van der Waals surface area contributed by atoms with Gasteiger partial charge in [0.25, 0.3) is 5.91 Å². The van der Waals surface area contributed by atoms with Crippen LogP contribution < -0.4 is 5.32 Å². The number of anilines is 1. The number of nitrogens with zero attached hydrogens (tertiary/aromatic N) is 3. The monoisotopic (exact) mass is 340 g/mol. The molecule has 0 bridgehead atoms. The Kier molecular flexibility index (Phi) is 4.25. The topological polar surface area (TPSA) is 90.1 Å². The molecule has 126 valence electrons. The van der Waals surface area contributed by atoms with Gasteiger partial charge in [0.1, 0.15) is 0 Å². The summed E-state index contributed by atoms with van der Waals surface area (Å²) >= 11 is 0. The zero-order valence-corrected chi connectivity index (χ0v) is 13.1. The third-order valence-corrected chi connectivity index (χ3v) is 3.66. The molecule has 0 aliphatic heterocycles. The fourth-order valence-electron chi connectivity index (χ4n) is 2.39. The molecule has 3 aromatic rings. The SMILES string of the molecule is Cc1c(C(=O)Nc2ccc(F)c([N+](=O)[O-])c2)cnn1-c1ccccc1. The standard InChI is InChI=1S/C17H13FN4O3/c1-11-14(10-19-21(11)13-5-3-2-4-6-13)17(23)20-12-7-8-15(18)16(9-12)22(24)25/h2-10H,1H3,(H,20,23). The zero-order chi connectivity index (χ0) is 18.0. The summed E-state index contributed by atoms with van der Waals surface area (Å²) < 4.78 is 15.0. The molecule has 0 spiro atoms. The van der Waals surface area contributed by atoms with Crippen LogP contribution in [0.4, 0.5) is 15.8 Å². The summed E-state index contributed by atoms with van der Waals surface area (Å²) in [5.74, 6) is -1.45. The zero-order valence-electron chi connectivity index (χ0n) is 13.1. The van der Waals surface area contributed by atoms with Crippen LogP contribution in [0.15, 0.2) is 54.7 Å². The Morgan fingerprint density at radius 1 is 1.24 bits per heavy atom. The lowest BCUT2D eigenvalue weighted by Gasteiger charge is -2.07. The van der Waals surface area contributed by atoms with Crippen LogP contribution in [-0.2, 0) is 0 Å². The maximum atomic E-state index is 13.4. The molecule has 0 unspecified atom stereocenters. The molecule has 0 fully saturated rings. The first-order chi connectivity index (χ1) is 12.0. The number of hydrogen-bond acceptors (Lipinski definition) is 4. The number of aromatic nitrogens is 2. The quantitative estimate of drug-likeness (QED) is 0.581. The van der Waals surface area contributed by atoms with Gasteiger partial charge in [0.05, 0.1) is 28.1 Å². The third kappa shape index (κ3) is 3.23. The molecule has 0 saturated heterocycles. The highest BCUT2D eigenvalue weighted by atomic mass is 19.1. The lowest BCUT2D eigenvalue weighted by Crippen LogP contribution is -2.13. The van der Waals surface area contributed by atoms with Gasteiger partial charge in [-0.05, 0) is 31.2 Å². The Morgan fingerprint density at radius 2 is 1.96 bits per heavy atom. The van der Waals surface area contributed by atoms with Crippen molar-refractivity contribution in [1.82, 2.24) is 9.78 Å². The van der Waals surface area contributed by atoms with E-state index in [-0.39, 0.29) is 5.69 Å². The normalized spacial score (nSPS) is 10.5. The maximum absolute atomic E-state index is 13.4. The van der Waals surface area contributed by atoms with E-state index in [9.17, 15) is 19.3 Å². The second-order valence-electron chi connectivity index (χ2n) is 5.27. The van der Waals surface area contributed by atoms with Crippen molar-refractivity contribution in [3.05, 3.63) is 81.9 Å². The van der Waals surface area contributed by atoms with E-state index in [4.69, 9.17) is 0 Å². The average molecular weight is 340 g/mol. The highest BCUT2D eigenvalue weighted by Gasteiger charge is 2.18. The number of halogens is 1. The molecule has 1 aromatic heterocycles. The molecule has 1 amide bonds. The minimum absolute atomic E-state index is 0.130. The predicted molar refractivity (Wildman–Crippen MR) is 89.3 cm³/mol. The van der Waals surface area contributed by atoms with Crippen molar-refractivity contribution in [2.75, 3.05) is 5.32 Å². The van der Waals surface area contributed by atoms with Crippen molar-refractivity contribution in [1.29, 1.82) is 0 Å². The van der Waals surface area contributed by atoms with Crippen LogP contribution in [0.3, 0.4) is 0 Å². The Morgan fingerprint density at radius 3 is 2.64 bits per heavy atom. The van der Waals surface area contributed by atoms with Crippen molar-refractivity contribution in [3.63, 3.8) is 0 Å². The summed E-state index contributed by atoms with van der Waals surface area (Å²) in [6.07, 6.45) is 1.41. The summed E-state index contributed by atoms with van der Waals surface area (Å²) in [6, 6.07) is 12.5. The van der Waals surface area contributed by atoms with E-state index in [0.717, 1.165) is 17.8 Å². The van der Waals surface area contributed by atoms with Gasteiger partial charge in [-0.1, -0.05) is 18.2 Å². The number of carbonyl (C=O) groups excluding carboxylic acids is 1. The average Bonchev–Trinajstić information content (AvgIpc) is 2.98. The van der Waals surface area contributed by atoms with Gasteiger partial charge < -0.3 is 5.32 Å². The number of nitro groups is 1. The highest BCUT2D eigenvalue weighted by molar-refractivity contribution is 6.05. The molecule has 0 saturated carbocycles. The first-order valence-corrected chi connectivity index (χ1v) is 7.32.